The van der Waals surface area contributed by atoms with E-state index in [1.54, 1.807) is 25.1 Å². The Labute approximate surface area is 139 Å². The number of halogens is 4. The first-order valence-corrected chi connectivity index (χ1v) is 8.62. The summed E-state index contributed by atoms with van der Waals surface area (Å²) in [6.07, 6.45) is -4.59. The van der Waals surface area contributed by atoms with Crippen molar-refractivity contribution >= 4 is 38.3 Å². The lowest BCUT2D eigenvalue weighted by Crippen LogP contribution is -2.15. The molecule has 0 aliphatic carbocycles. The van der Waals surface area contributed by atoms with Gasteiger partial charge in [0.1, 0.15) is 0 Å². The molecule has 0 spiro atoms. The Morgan fingerprint density at radius 2 is 1.77 bits per heavy atom. The van der Waals surface area contributed by atoms with Crippen molar-refractivity contribution in [1.82, 2.24) is 0 Å². The van der Waals surface area contributed by atoms with E-state index in [-0.39, 0.29) is 0 Å². The fourth-order valence-corrected chi connectivity index (χ4v) is 3.61. The molecule has 0 aliphatic rings. The maximum absolute atomic E-state index is 12.7. The van der Waals surface area contributed by atoms with Crippen LogP contribution < -0.4 is 4.72 Å². The predicted molar refractivity (Wildman–Crippen MR) is 86.1 cm³/mol. The lowest BCUT2D eigenvalue weighted by molar-refractivity contribution is -0.137. The number of sulfonamides is 1. The molecule has 0 atom stereocenters. The third kappa shape index (κ3) is 3.92. The van der Waals surface area contributed by atoms with Crippen LogP contribution in [0.4, 0.5) is 18.9 Å². The summed E-state index contributed by atoms with van der Waals surface area (Å²) in [6, 6.07) is 8.68. The minimum atomic E-state index is -4.59. The van der Waals surface area contributed by atoms with E-state index in [0.717, 1.165) is 21.8 Å². The molecule has 0 bridgehead atoms. The summed E-state index contributed by atoms with van der Waals surface area (Å²) in [7, 11) is -4.08. The molecule has 0 aromatic heterocycles. The Morgan fingerprint density at radius 3 is 2.36 bits per heavy atom. The highest BCUT2D eigenvalue weighted by Crippen LogP contribution is 2.31. The summed E-state index contributed by atoms with van der Waals surface area (Å²) in [5.74, 6) is 0. The molecule has 0 saturated heterocycles. The van der Waals surface area contributed by atoms with E-state index in [4.69, 9.17) is 0 Å². The van der Waals surface area contributed by atoms with Crippen LogP contribution in [0.5, 0.6) is 0 Å². The number of aryl methyl sites for hydroxylation is 1. The maximum atomic E-state index is 12.7. The second-order valence-electron chi connectivity index (χ2n) is 4.59. The van der Waals surface area contributed by atoms with Gasteiger partial charge in [0.15, 0.2) is 0 Å². The van der Waals surface area contributed by atoms with Crippen LogP contribution in [-0.4, -0.2) is 8.42 Å². The van der Waals surface area contributed by atoms with Gasteiger partial charge in [0.25, 0.3) is 10.0 Å². The molecule has 2 rings (SSSR count). The van der Waals surface area contributed by atoms with Gasteiger partial charge in [-0.2, -0.15) is 13.2 Å². The molecule has 2 aromatic carbocycles. The van der Waals surface area contributed by atoms with Crippen molar-refractivity contribution in [2.24, 2.45) is 0 Å². The molecule has 1 N–H and O–H groups in total. The zero-order chi connectivity index (χ0) is 16.5. The highest BCUT2D eigenvalue weighted by Gasteiger charge is 2.31. The van der Waals surface area contributed by atoms with E-state index in [1.807, 2.05) is 0 Å². The van der Waals surface area contributed by atoms with Crippen molar-refractivity contribution in [3.8, 4) is 0 Å². The Morgan fingerprint density at radius 1 is 1.09 bits per heavy atom. The zero-order valence-electron chi connectivity index (χ0n) is 11.3. The molecule has 3 nitrogen and oxygen atoms in total. The summed E-state index contributed by atoms with van der Waals surface area (Å²) in [4.78, 5) is -0.430. The first-order chi connectivity index (χ1) is 10.1. The van der Waals surface area contributed by atoms with Crippen LogP contribution >= 0.6 is 22.6 Å². The Bertz CT molecular complexity index is 804. The van der Waals surface area contributed by atoms with E-state index in [2.05, 4.69) is 27.3 Å². The van der Waals surface area contributed by atoms with Gasteiger partial charge in [-0.05, 0) is 71.5 Å². The van der Waals surface area contributed by atoms with Crippen molar-refractivity contribution in [3.05, 3.63) is 57.2 Å². The van der Waals surface area contributed by atoms with Crippen molar-refractivity contribution < 1.29 is 21.6 Å². The van der Waals surface area contributed by atoms with Gasteiger partial charge in [0, 0.05) is 3.57 Å². The van der Waals surface area contributed by atoms with Crippen LogP contribution in [0.3, 0.4) is 0 Å². The van der Waals surface area contributed by atoms with Gasteiger partial charge < -0.3 is 0 Å². The Kier molecular flexibility index (Phi) is 4.71. The molecule has 0 heterocycles. The molecule has 8 heteroatoms. The van der Waals surface area contributed by atoms with Crippen LogP contribution in [0.15, 0.2) is 47.4 Å². The van der Waals surface area contributed by atoms with Crippen LogP contribution in [0.1, 0.15) is 11.1 Å². The number of hydrogen-bond donors (Lipinski definition) is 1. The number of alkyl halides is 3. The molecule has 0 amide bonds. The average molecular weight is 441 g/mol. The number of nitrogens with one attached hydrogen (secondary N) is 1. The first kappa shape index (κ1) is 17.1. The van der Waals surface area contributed by atoms with Crippen molar-refractivity contribution in [3.63, 3.8) is 0 Å². The van der Waals surface area contributed by atoms with Gasteiger partial charge in [-0.25, -0.2) is 8.42 Å². The van der Waals surface area contributed by atoms with E-state index < -0.39 is 26.7 Å². The van der Waals surface area contributed by atoms with E-state index in [0.29, 0.717) is 17.3 Å². The maximum Gasteiger partial charge on any atom is 0.416 e. The Balaban J connectivity index is 2.39. The number of benzene rings is 2. The fourth-order valence-electron chi connectivity index (χ4n) is 1.78. The van der Waals surface area contributed by atoms with Crippen molar-refractivity contribution in [2.45, 2.75) is 18.0 Å². The van der Waals surface area contributed by atoms with Crippen molar-refractivity contribution in [2.75, 3.05) is 4.72 Å². The summed E-state index contributed by atoms with van der Waals surface area (Å²) in [5, 5.41) is 0. The molecule has 118 valence electrons. The molecular weight excluding hydrogens is 430 g/mol. The summed E-state index contributed by atoms with van der Waals surface area (Å²) < 4.78 is 65.7. The largest absolute Gasteiger partial charge is 0.416 e. The SMILES string of the molecule is Cc1cc(I)ccc1NS(=O)(=O)c1cccc(C(F)(F)F)c1. The normalized spacial score (nSPS) is 12.2. The minimum absolute atomic E-state index is 0.331. The highest BCUT2D eigenvalue weighted by molar-refractivity contribution is 14.1. The number of anilines is 1. The topological polar surface area (TPSA) is 46.2 Å². The van der Waals surface area contributed by atoms with Gasteiger partial charge in [0.2, 0.25) is 0 Å². The van der Waals surface area contributed by atoms with E-state index in [9.17, 15) is 21.6 Å². The highest BCUT2D eigenvalue weighted by atomic mass is 127. The lowest BCUT2D eigenvalue weighted by Gasteiger charge is -2.12. The van der Waals surface area contributed by atoms with Crippen LogP contribution in [-0.2, 0) is 16.2 Å². The number of hydrogen-bond acceptors (Lipinski definition) is 2. The van der Waals surface area contributed by atoms with Gasteiger partial charge in [-0.15, -0.1) is 0 Å². The van der Waals surface area contributed by atoms with Gasteiger partial charge in [0.05, 0.1) is 16.1 Å². The zero-order valence-corrected chi connectivity index (χ0v) is 14.3. The van der Waals surface area contributed by atoms with E-state index in [1.165, 1.54) is 0 Å². The third-order valence-electron chi connectivity index (χ3n) is 2.90. The third-order valence-corrected chi connectivity index (χ3v) is 4.94. The predicted octanol–water partition coefficient (Wildman–Crippen LogP) is 4.42. The molecule has 22 heavy (non-hydrogen) atoms. The van der Waals surface area contributed by atoms with E-state index >= 15 is 0 Å². The number of rotatable bonds is 3. The first-order valence-electron chi connectivity index (χ1n) is 6.06. The van der Waals surface area contributed by atoms with Crippen LogP contribution in [0, 0.1) is 10.5 Å². The van der Waals surface area contributed by atoms with Gasteiger partial charge >= 0.3 is 6.18 Å². The van der Waals surface area contributed by atoms with Crippen molar-refractivity contribution in [1.29, 1.82) is 0 Å². The van der Waals surface area contributed by atoms with Gasteiger partial charge in [-0.1, -0.05) is 6.07 Å². The Hall–Kier alpha value is -1.29. The lowest BCUT2D eigenvalue weighted by atomic mass is 10.2. The molecule has 0 unspecified atom stereocenters. The molecule has 0 saturated carbocycles. The smallest absolute Gasteiger partial charge is 0.279 e. The summed E-state index contributed by atoms with van der Waals surface area (Å²) in [5.41, 5.74) is 0.00925. The molecular formula is C14H11F3INO2S. The molecule has 0 fully saturated rings. The molecule has 0 aliphatic heterocycles. The summed E-state index contributed by atoms with van der Waals surface area (Å²) >= 11 is 2.08. The van der Waals surface area contributed by atoms with Crippen LogP contribution in [0.25, 0.3) is 0 Å². The monoisotopic (exact) mass is 441 g/mol. The quantitative estimate of drug-likeness (QED) is 0.718. The van der Waals surface area contributed by atoms with Gasteiger partial charge in [-0.3, -0.25) is 4.72 Å². The van der Waals surface area contributed by atoms with Crippen LogP contribution in [0.2, 0.25) is 0 Å². The minimum Gasteiger partial charge on any atom is -0.279 e. The summed E-state index contributed by atoms with van der Waals surface area (Å²) in [6.45, 7) is 1.71. The fraction of sp³-hybridized carbons (Fsp3) is 0.143. The molecule has 0 radical (unpaired) electrons. The molecule has 2 aromatic rings. The second kappa shape index (κ2) is 6.07. The average Bonchev–Trinajstić information content (AvgIpc) is 2.41. The standard InChI is InChI=1S/C14H11F3INO2S/c1-9-7-11(18)5-6-13(9)19-22(20,21)12-4-2-3-10(8-12)14(15,16)17/h2-8,19H,1H3. The second-order valence-corrected chi connectivity index (χ2v) is 7.52.